The molecule has 1 rings (SSSR count). The van der Waals surface area contributed by atoms with Crippen LogP contribution in [-0.2, 0) is 11.3 Å². The number of carbonyl (C=O) groups excluding carboxylic acids is 1. The van der Waals surface area contributed by atoms with E-state index in [0.717, 1.165) is 8.66 Å². The van der Waals surface area contributed by atoms with E-state index in [-0.39, 0.29) is 0 Å². The van der Waals surface area contributed by atoms with Gasteiger partial charge in [-0.2, -0.15) is 0 Å². The average molecular weight is 250 g/mol. The third-order valence-electron chi connectivity index (χ3n) is 1.22. The summed E-state index contributed by atoms with van der Waals surface area (Å²) in [6.07, 6.45) is -0.403. The fraction of sp³-hybridized carbons (Fsp3) is 0.286. The van der Waals surface area contributed by atoms with Gasteiger partial charge in [-0.3, -0.25) is 0 Å². The Kier molecular flexibility index (Phi) is 3.55. The Morgan fingerprint density at radius 2 is 2.50 bits per heavy atom. The van der Waals surface area contributed by atoms with Gasteiger partial charge in [0, 0.05) is 4.88 Å². The van der Waals surface area contributed by atoms with Crippen molar-refractivity contribution >= 4 is 33.4 Å². The number of nitrogens with one attached hydrogen (secondary N) is 1. The van der Waals surface area contributed by atoms with Crippen LogP contribution in [0, 0.1) is 0 Å². The van der Waals surface area contributed by atoms with Crippen LogP contribution < -0.4 is 5.32 Å². The number of methoxy groups -OCH3 is 1. The predicted octanol–water partition coefficient (Wildman–Crippen LogP) is 2.37. The molecule has 1 aromatic heterocycles. The first-order valence-electron chi connectivity index (χ1n) is 3.28. The first kappa shape index (κ1) is 9.54. The third-order valence-corrected chi connectivity index (χ3v) is 2.84. The lowest BCUT2D eigenvalue weighted by atomic mass is 10.5. The topological polar surface area (TPSA) is 38.3 Å². The number of halogens is 1. The first-order valence-corrected chi connectivity index (χ1v) is 4.89. The molecule has 0 bridgehead atoms. The molecule has 0 fully saturated rings. The fourth-order valence-corrected chi connectivity index (χ4v) is 2.10. The monoisotopic (exact) mass is 249 g/mol. The van der Waals surface area contributed by atoms with E-state index in [1.165, 1.54) is 7.11 Å². The van der Waals surface area contributed by atoms with Crippen molar-refractivity contribution in [1.29, 1.82) is 0 Å². The molecule has 0 saturated heterocycles. The van der Waals surface area contributed by atoms with Crippen molar-refractivity contribution in [3.05, 3.63) is 20.8 Å². The molecule has 0 unspecified atom stereocenters. The standard InChI is InChI=1S/C7H8BrNO2S/c1-11-7(10)9-4-5-2-3-6(8)12-5/h2-3H,4H2,1H3,(H,9,10). The smallest absolute Gasteiger partial charge is 0.407 e. The molecule has 0 saturated carbocycles. The van der Waals surface area contributed by atoms with Crippen molar-refractivity contribution < 1.29 is 9.53 Å². The summed E-state index contributed by atoms with van der Waals surface area (Å²) in [7, 11) is 1.35. The summed E-state index contributed by atoms with van der Waals surface area (Å²) in [5, 5.41) is 2.59. The molecule has 0 aliphatic rings. The van der Waals surface area contributed by atoms with Crippen LogP contribution in [0.4, 0.5) is 4.79 Å². The summed E-state index contributed by atoms with van der Waals surface area (Å²) in [4.78, 5) is 11.7. The molecule has 0 atom stereocenters. The molecule has 0 aromatic carbocycles. The van der Waals surface area contributed by atoms with Crippen LogP contribution in [0.25, 0.3) is 0 Å². The van der Waals surface area contributed by atoms with Crippen molar-refractivity contribution in [1.82, 2.24) is 5.32 Å². The zero-order valence-electron chi connectivity index (χ0n) is 6.46. The molecule has 12 heavy (non-hydrogen) atoms. The summed E-state index contributed by atoms with van der Waals surface area (Å²) >= 11 is 4.92. The van der Waals surface area contributed by atoms with Gasteiger partial charge in [0.15, 0.2) is 0 Å². The molecule has 1 amide bonds. The third kappa shape index (κ3) is 2.83. The van der Waals surface area contributed by atoms with Crippen molar-refractivity contribution in [2.75, 3.05) is 7.11 Å². The highest BCUT2D eigenvalue weighted by Crippen LogP contribution is 2.21. The van der Waals surface area contributed by atoms with Crippen LogP contribution in [0.15, 0.2) is 15.9 Å². The van der Waals surface area contributed by atoms with Crippen LogP contribution in [0.5, 0.6) is 0 Å². The van der Waals surface area contributed by atoms with Crippen molar-refractivity contribution in [2.45, 2.75) is 6.54 Å². The van der Waals surface area contributed by atoms with Crippen LogP contribution in [0.3, 0.4) is 0 Å². The van der Waals surface area contributed by atoms with Gasteiger partial charge in [-0.05, 0) is 28.1 Å². The lowest BCUT2D eigenvalue weighted by Crippen LogP contribution is -2.21. The molecule has 1 N–H and O–H groups in total. The number of thiophene rings is 1. The SMILES string of the molecule is COC(=O)NCc1ccc(Br)s1. The van der Waals surface area contributed by atoms with Gasteiger partial charge >= 0.3 is 6.09 Å². The minimum atomic E-state index is -0.403. The molecule has 0 radical (unpaired) electrons. The van der Waals surface area contributed by atoms with E-state index in [1.54, 1.807) is 11.3 Å². The van der Waals surface area contributed by atoms with E-state index in [1.807, 2.05) is 12.1 Å². The van der Waals surface area contributed by atoms with Gasteiger partial charge in [0.05, 0.1) is 17.4 Å². The molecule has 66 valence electrons. The highest BCUT2D eigenvalue weighted by Gasteiger charge is 2.00. The summed E-state index contributed by atoms with van der Waals surface area (Å²) < 4.78 is 5.48. The van der Waals surface area contributed by atoms with Crippen molar-refractivity contribution in [3.8, 4) is 0 Å². The number of carbonyl (C=O) groups is 1. The van der Waals surface area contributed by atoms with Gasteiger partial charge in [0.25, 0.3) is 0 Å². The Bertz CT molecular complexity index is 274. The maximum Gasteiger partial charge on any atom is 0.407 e. The number of rotatable bonds is 2. The molecule has 5 heteroatoms. The number of alkyl carbamates (subject to hydrolysis) is 1. The maximum atomic E-state index is 10.7. The van der Waals surface area contributed by atoms with Crippen molar-refractivity contribution in [2.24, 2.45) is 0 Å². The lowest BCUT2D eigenvalue weighted by molar-refractivity contribution is 0.170. The second-order valence-electron chi connectivity index (χ2n) is 2.05. The molecule has 0 aliphatic heterocycles. The largest absolute Gasteiger partial charge is 0.453 e. The van der Waals surface area contributed by atoms with E-state index in [4.69, 9.17) is 0 Å². The molecular formula is C7H8BrNO2S. The second-order valence-corrected chi connectivity index (χ2v) is 4.60. The molecular weight excluding hydrogens is 242 g/mol. The normalized spacial score (nSPS) is 9.50. The number of hydrogen-bond acceptors (Lipinski definition) is 3. The minimum Gasteiger partial charge on any atom is -0.453 e. The molecule has 0 aliphatic carbocycles. The Balaban J connectivity index is 2.38. The van der Waals surface area contributed by atoms with Gasteiger partial charge in [-0.15, -0.1) is 11.3 Å². The quantitative estimate of drug-likeness (QED) is 0.875. The Morgan fingerprint density at radius 1 is 1.75 bits per heavy atom. The zero-order chi connectivity index (χ0) is 8.97. The molecule has 1 aromatic rings. The van der Waals surface area contributed by atoms with Gasteiger partial charge in [0.2, 0.25) is 0 Å². The Labute approximate surface area is 82.9 Å². The van der Waals surface area contributed by atoms with E-state index in [0.29, 0.717) is 6.54 Å². The molecule has 0 spiro atoms. The van der Waals surface area contributed by atoms with Gasteiger partial charge in [-0.1, -0.05) is 0 Å². The van der Waals surface area contributed by atoms with E-state index >= 15 is 0 Å². The average Bonchev–Trinajstić information content (AvgIpc) is 2.47. The van der Waals surface area contributed by atoms with E-state index in [2.05, 4.69) is 26.0 Å². The Hall–Kier alpha value is -0.550. The molecule has 1 heterocycles. The summed E-state index contributed by atoms with van der Waals surface area (Å²) in [5.41, 5.74) is 0. The second kappa shape index (κ2) is 4.47. The predicted molar refractivity (Wildman–Crippen MR) is 51.3 cm³/mol. The fourth-order valence-electron chi connectivity index (χ4n) is 0.678. The lowest BCUT2D eigenvalue weighted by Gasteiger charge is -1.99. The van der Waals surface area contributed by atoms with Gasteiger partial charge < -0.3 is 10.1 Å². The Morgan fingerprint density at radius 3 is 3.00 bits per heavy atom. The highest BCUT2D eigenvalue weighted by molar-refractivity contribution is 9.11. The zero-order valence-corrected chi connectivity index (χ0v) is 8.87. The van der Waals surface area contributed by atoms with E-state index < -0.39 is 6.09 Å². The molecule has 3 nitrogen and oxygen atoms in total. The summed E-state index contributed by atoms with van der Waals surface area (Å²) in [6.45, 7) is 0.517. The number of amides is 1. The summed E-state index contributed by atoms with van der Waals surface area (Å²) in [5.74, 6) is 0. The number of ether oxygens (including phenoxy) is 1. The highest BCUT2D eigenvalue weighted by atomic mass is 79.9. The minimum absolute atomic E-state index is 0.403. The number of hydrogen-bond donors (Lipinski definition) is 1. The van der Waals surface area contributed by atoms with Crippen molar-refractivity contribution in [3.63, 3.8) is 0 Å². The van der Waals surface area contributed by atoms with Gasteiger partial charge in [0.1, 0.15) is 0 Å². The summed E-state index contributed by atoms with van der Waals surface area (Å²) in [6, 6.07) is 3.89. The van der Waals surface area contributed by atoms with Crippen LogP contribution in [-0.4, -0.2) is 13.2 Å². The van der Waals surface area contributed by atoms with Gasteiger partial charge in [-0.25, -0.2) is 4.79 Å². The van der Waals surface area contributed by atoms with Crippen LogP contribution in [0.2, 0.25) is 0 Å². The van der Waals surface area contributed by atoms with Crippen LogP contribution >= 0.6 is 27.3 Å². The van der Waals surface area contributed by atoms with Crippen LogP contribution in [0.1, 0.15) is 4.88 Å². The maximum absolute atomic E-state index is 10.7. The first-order chi connectivity index (χ1) is 5.72. The van der Waals surface area contributed by atoms with E-state index in [9.17, 15) is 4.79 Å².